The topological polar surface area (TPSA) is 21.8 Å². The van der Waals surface area contributed by atoms with Crippen molar-refractivity contribution in [3.63, 3.8) is 0 Å². The number of rotatable bonds is 1. The monoisotopic (exact) mass is 314 g/mol. The van der Waals surface area contributed by atoms with Crippen LogP contribution in [0.2, 0.25) is 0 Å². The van der Waals surface area contributed by atoms with E-state index in [1.165, 1.54) is 44.3 Å². The van der Waals surface area contributed by atoms with Crippen molar-refractivity contribution < 1.29 is 9.47 Å². The summed E-state index contributed by atoms with van der Waals surface area (Å²) in [6, 6.07) is 0. The van der Waals surface area contributed by atoms with Crippen molar-refractivity contribution in [3.05, 3.63) is 23.5 Å². The number of epoxide rings is 1. The van der Waals surface area contributed by atoms with Crippen LogP contribution < -0.4 is 0 Å². The van der Waals surface area contributed by atoms with Gasteiger partial charge in [-0.15, -0.1) is 0 Å². The minimum Gasteiger partial charge on any atom is -0.501 e. The fourth-order valence-corrected chi connectivity index (χ4v) is 7.11. The van der Waals surface area contributed by atoms with Crippen LogP contribution in [-0.2, 0) is 9.47 Å². The SMILES string of the molecule is COC1=CC2=CC[C@@H]3[C@H](CC[C@@]4(C)[C@H]3CC[C@@]43CO3)[C@@]2(C)CC1. The number of ether oxygens (including phenoxy) is 2. The summed E-state index contributed by atoms with van der Waals surface area (Å²) in [7, 11) is 1.82. The molecule has 4 aliphatic carbocycles. The lowest BCUT2D eigenvalue weighted by Crippen LogP contribution is -2.50. The predicted octanol–water partition coefficient (Wildman–Crippen LogP) is 4.86. The van der Waals surface area contributed by atoms with Gasteiger partial charge in [0.1, 0.15) is 0 Å². The minimum atomic E-state index is 0.281. The molecule has 6 atom stereocenters. The van der Waals surface area contributed by atoms with Gasteiger partial charge in [-0.05, 0) is 73.3 Å². The molecule has 1 saturated heterocycles. The Kier molecular flexibility index (Phi) is 2.82. The Hall–Kier alpha value is -0.760. The van der Waals surface area contributed by atoms with E-state index in [2.05, 4.69) is 26.0 Å². The molecule has 2 heteroatoms. The van der Waals surface area contributed by atoms with Gasteiger partial charge in [0.2, 0.25) is 0 Å². The molecule has 0 aromatic heterocycles. The molecule has 0 aromatic rings. The molecule has 0 unspecified atom stereocenters. The molecule has 3 fully saturated rings. The Labute approximate surface area is 140 Å². The first kappa shape index (κ1) is 14.6. The molecule has 23 heavy (non-hydrogen) atoms. The van der Waals surface area contributed by atoms with Gasteiger partial charge in [-0.1, -0.05) is 19.9 Å². The van der Waals surface area contributed by atoms with Crippen molar-refractivity contribution >= 4 is 0 Å². The second kappa shape index (κ2) is 4.45. The highest BCUT2D eigenvalue weighted by Crippen LogP contribution is 2.70. The number of methoxy groups -OCH3 is 1. The fourth-order valence-electron chi connectivity index (χ4n) is 7.11. The molecule has 0 bridgehead atoms. The van der Waals surface area contributed by atoms with E-state index in [1.807, 2.05) is 7.11 Å². The van der Waals surface area contributed by atoms with E-state index in [9.17, 15) is 0 Å². The Morgan fingerprint density at radius 2 is 1.91 bits per heavy atom. The first-order valence-corrected chi connectivity index (χ1v) is 9.62. The van der Waals surface area contributed by atoms with Gasteiger partial charge in [-0.25, -0.2) is 0 Å². The molecule has 0 radical (unpaired) electrons. The van der Waals surface area contributed by atoms with E-state index < -0.39 is 0 Å². The summed E-state index contributed by atoms with van der Waals surface area (Å²) < 4.78 is 11.6. The Bertz CT molecular complexity index is 599. The zero-order valence-electron chi connectivity index (χ0n) is 14.9. The maximum atomic E-state index is 6.03. The molecule has 0 aromatic carbocycles. The third-order valence-electron chi connectivity index (χ3n) is 8.78. The summed E-state index contributed by atoms with van der Waals surface area (Å²) >= 11 is 0. The number of hydrogen-bond acceptors (Lipinski definition) is 2. The molecule has 1 spiro atoms. The average molecular weight is 314 g/mol. The van der Waals surface area contributed by atoms with Gasteiger partial charge in [0.15, 0.2) is 0 Å². The van der Waals surface area contributed by atoms with Gasteiger partial charge in [-0.2, -0.15) is 0 Å². The molecule has 0 N–H and O–H groups in total. The van der Waals surface area contributed by atoms with Crippen LogP contribution in [0.15, 0.2) is 23.5 Å². The van der Waals surface area contributed by atoms with E-state index in [0.29, 0.717) is 10.8 Å². The molecule has 2 saturated carbocycles. The van der Waals surface area contributed by atoms with Crippen LogP contribution in [0.4, 0.5) is 0 Å². The molecule has 5 rings (SSSR count). The fraction of sp³-hybridized carbons (Fsp3) is 0.810. The van der Waals surface area contributed by atoms with E-state index >= 15 is 0 Å². The molecule has 0 amide bonds. The lowest BCUT2D eigenvalue weighted by atomic mass is 9.48. The maximum absolute atomic E-state index is 6.03. The zero-order valence-corrected chi connectivity index (χ0v) is 14.9. The first-order valence-electron chi connectivity index (χ1n) is 9.62. The van der Waals surface area contributed by atoms with Gasteiger partial charge in [0, 0.05) is 11.8 Å². The highest BCUT2D eigenvalue weighted by molar-refractivity contribution is 5.36. The standard InChI is InChI=1S/C21H30O2/c1-19-9-6-15(22-3)12-14(19)4-5-16-17(19)7-10-20(2)18(16)8-11-21(20)13-23-21/h4,12,16-18H,5-11,13H2,1-3H3/t16-,17+,18+,19+,20+,21-/m1/s1. The van der Waals surface area contributed by atoms with Gasteiger partial charge in [-0.3, -0.25) is 0 Å². The van der Waals surface area contributed by atoms with Crippen LogP contribution in [0.5, 0.6) is 0 Å². The van der Waals surface area contributed by atoms with Gasteiger partial charge in [0.05, 0.1) is 25.1 Å². The first-order chi connectivity index (χ1) is 11.0. The summed E-state index contributed by atoms with van der Waals surface area (Å²) in [4.78, 5) is 0. The van der Waals surface area contributed by atoms with Crippen molar-refractivity contribution in [1.82, 2.24) is 0 Å². The second-order valence-corrected chi connectivity index (χ2v) is 9.28. The van der Waals surface area contributed by atoms with Crippen LogP contribution in [0.25, 0.3) is 0 Å². The molecule has 1 heterocycles. The Balaban J connectivity index is 1.51. The Morgan fingerprint density at radius 1 is 1.13 bits per heavy atom. The Morgan fingerprint density at radius 3 is 2.65 bits per heavy atom. The summed E-state index contributed by atoms with van der Waals surface area (Å²) in [5.74, 6) is 3.80. The highest BCUT2D eigenvalue weighted by atomic mass is 16.6. The third kappa shape index (κ3) is 1.69. The van der Waals surface area contributed by atoms with Crippen LogP contribution in [-0.4, -0.2) is 19.3 Å². The van der Waals surface area contributed by atoms with Crippen molar-refractivity contribution in [3.8, 4) is 0 Å². The summed E-state index contributed by atoms with van der Waals surface area (Å²) in [5.41, 5.74) is 2.69. The molecular weight excluding hydrogens is 284 g/mol. The average Bonchev–Trinajstić information content (AvgIpc) is 3.28. The highest BCUT2D eigenvalue weighted by Gasteiger charge is 2.69. The molecule has 126 valence electrons. The van der Waals surface area contributed by atoms with E-state index in [0.717, 1.165) is 30.8 Å². The van der Waals surface area contributed by atoms with Crippen LogP contribution >= 0.6 is 0 Å². The van der Waals surface area contributed by atoms with E-state index in [1.54, 1.807) is 5.57 Å². The predicted molar refractivity (Wildman–Crippen MR) is 90.9 cm³/mol. The van der Waals surface area contributed by atoms with Crippen molar-refractivity contribution in [2.24, 2.45) is 28.6 Å². The number of allylic oxidation sites excluding steroid dienone is 4. The number of fused-ring (bicyclic) bond motifs is 6. The van der Waals surface area contributed by atoms with Crippen LogP contribution in [0.1, 0.15) is 58.8 Å². The van der Waals surface area contributed by atoms with Crippen molar-refractivity contribution in [1.29, 1.82) is 0 Å². The smallest absolute Gasteiger partial charge is 0.0972 e. The third-order valence-corrected chi connectivity index (χ3v) is 8.78. The lowest BCUT2D eigenvalue weighted by molar-refractivity contribution is -0.0446. The minimum absolute atomic E-state index is 0.281. The zero-order chi connectivity index (χ0) is 15.9. The van der Waals surface area contributed by atoms with Crippen molar-refractivity contribution in [2.45, 2.75) is 64.4 Å². The van der Waals surface area contributed by atoms with Crippen LogP contribution in [0.3, 0.4) is 0 Å². The molecule has 5 aliphatic rings. The maximum Gasteiger partial charge on any atom is 0.0972 e. The molecular formula is C21H30O2. The quantitative estimate of drug-likeness (QED) is 0.645. The second-order valence-electron chi connectivity index (χ2n) is 9.28. The molecule has 2 nitrogen and oxygen atoms in total. The van der Waals surface area contributed by atoms with E-state index in [4.69, 9.17) is 9.47 Å². The largest absolute Gasteiger partial charge is 0.501 e. The summed E-state index contributed by atoms with van der Waals surface area (Å²) in [5, 5.41) is 0. The van der Waals surface area contributed by atoms with Crippen molar-refractivity contribution in [2.75, 3.05) is 13.7 Å². The van der Waals surface area contributed by atoms with Crippen LogP contribution in [0, 0.1) is 28.6 Å². The van der Waals surface area contributed by atoms with Gasteiger partial charge < -0.3 is 9.47 Å². The molecule has 1 aliphatic heterocycles. The van der Waals surface area contributed by atoms with Gasteiger partial charge in [0.25, 0.3) is 0 Å². The number of hydrogen-bond donors (Lipinski definition) is 0. The van der Waals surface area contributed by atoms with E-state index in [-0.39, 0.29) is 5.60 Å². The normalized spacial score (nSPS) is 53.8. The summed E-state index contributed by atoms with van der Waals surface area (Å²) in [6.45, 7) is 6.13. The lowest BCUT2D eigenvalue weighted by Gasteiger charge is -2.56. The summed E-state index contributed by atoms with van der Waals surface area (Å²) in [6.07, 6.45) is 14.1. The van der Waals surface area contributed by atoms with Gasteiger partial charge >= 0.3 is 0 Å².